The molecule has 2 unspecified atom stereocenters. The highest BCUT2D eigenvalue weighted by atomic mass is 16.5. The van der Waals surface area contributed by atoms with E-state index in [-0.39, 0.29) is 18.2 Å². The molecule has 4 aromatic rings. The van der Waals surface area contributed by atoms with Gasteiger partial charge in [-0.3, -0.25) is 4.79 Å². The van der Waals surface area contributed by atoms with Crippen LogP contribution < -0.4 is 27.2 Å². The molecule has 0 fully saturated rings. The largest absolute Gasteiger partial charge is 0.491 e. The summed E-state index contributed by atoms with van der Waals surface area (Å²) in [4.78, 5) is 13.3. The molecule has 1 aliphatic rings. The maximum atomic E-state index is 13.3. The first-order chi connectivity index (χ1) is 19.5. The van der Waals surface area contributed by atoms with Crippen LogP contribution >= 0.6 is 0 Å². The maximum Gasteiger partial charge on any atom is 0.228 e. The third-order valence-corrected chi connectivity index (χ3v) is 7.52. The number of hydrazone groups is 1. The number of nitrogens with one attached hydrogen (secondary N) is 2. The van der Waals surface area contributed by atoms with Gasteiger partial charge in [0.25, 0.3) is 0 Å². The van der Waals surface area contributed by atoms with Crippen molar-refractivity contribution < 1.29 is 9.53 Å². The summed E-state index contributed by atoms with van der Waals surface area (Å²) in [7, 11) is 0. The fourth-order valence-electron chi connectivity index (χ4n) is 5.49. The Morgan fingerprint density at radius 3 is 2.45 bits per heavy atom. The number of hydrazine groups is 1. The van der Waals surface area contributed by atoms with E-state index in [9.17, 15) is 4.79 Å². The molecule has 7 heteroatoms. The highest BCUT2D eigenvalue weighted by Crippen LogP contribution is 2.47. The lowest BCUT2D eigenvalue weighted by molar-refractivity contribution is -0.115. The molecule has 0 spiro atoms. The number of benzene rings is 4. The fourth-order valence-corrected chi connectivity index (χ4v) is 5.49. The molecule has 4 aromatic carbocycles. The molecule has 0 radical (unpaired) electrons. The summed E-state index contributed by atoms with van der Waals surface area (Å²) in [6, 6.07) is 30.4. The Labute approximate surface area is 235 Å². The molecule has 7 nitrogen and oxygen atoms in total. The maximum absolute atomic E-state index is 13.3. The molecule has 1 aliphatic heterocycles. The van der Waals surface area contributed by atoms with Gasteiger partial charge in [-0.1, -0.05) is 91.3 Å². The molecule has 204 valence electrons. The Balaban J connectivity index is 1.66. The first kappa shape index (κ1) is 27.0. The molecule has 0 saturated heterocycles. The summed E-state index contributed by atoms with van der Waals surface area (Å²) in [5, 5.41) is 7.03. The number of ether oxygens (including phenoxy) is 1. The second-order valence-electron chi connectivity index (χ2n) is 10.3. The summed E-state index contributed by atoms with van der Waals surface area (Å²) in [5.74, 6) is 12.8. The number of carbonyl (C=O) groups is 1. The lowest BCUT2D eigenvalue weighted by Gasteiger charge is -2.25. The van der Waals surface area contributed by atoms with Gasteiger partial charge in [0.05, 0.1) is 18.7 Å². The third kappa shape index (κ3) is 5.70. The molecule has 0 aromatic heterocycles. The highest BCUT2D eigenvalue weighted by molar-refractivity contribution is 6.04. The summed E-state index contributed by atoms with van der Waals surface area (Å²) >= 11 is 0. The average Bonchev–Trinajstić information content (AvgIpc) is 3.14. The van der Waals surface area contributed by atoms with E-state index in [4.69, 9.17) is 16.4 Å². The molecule has 40 heavy (non-hydrogen) atoms. The Morgan fingerprint density at radius 2 is 1.73 bits per heavy atom. The van der Waals surface area contributed by atoms with Crippen LogP contribution in [0.15, 0.2) is 96.1 Å². The summed E-state index contributed by atoms with van der Waals surface area (Å²) in [6.07, 6.45) is 1.15. The Morgan fingerprint density at radius 1 is 1.00 bits per heavy atom. The number of amidine groups is 1. The molecule has 1 amide bonds. The van der Waals surface area contributed by atoms with Gasteiger partial charge in [-0.15, -0.1) is 0 Å². The average molecular weight is 534 g/mol. The van der Waals surface area contributed by atoms with Gasteiger partial charge in [-0.05, 0) is 53.6 Å². The predicted octanol–water partition coefficient (Wildman–Crippen LogP) is 5.48. The second-order valence-corrected chi connectivity index (χ2v) is 10.3. The van der Waals surface area contributed by atoms with Crippen LogP contribution in [0.3, 0.4) is 0 Å². The van der Waals surface area contributed by atoms with Crippen molar-refractivity contribution in [2.24, 2.45) is 22.7 Å². The second kappa shape index (κ2) is 12.1. The zero-order chi connectivity index (χ0) is 28.1. The number of fused-ring (bicyclic) bond motifs is 1. The molecule has 0 bridgehead atoms. The van der Waals surface area contributed by atoms with E-state index >= 15 is 0 Å². The monoisotopic (exact) mass is 533 g/mol. The van der Waals surface area contributed by atoms with E-state index in [2.05, 4.69) is 53.1 Å². The van der Waals surface area contributed by atoms with Crippen molar-refractivity contribution in [2.45, 2.75) is 32.6 Å². The van der Waals surface area contributed by atoms with Crippen molar-refractivity contribution in [3.8, 4) is 16.9 Å². The molecule has 5 rings (SSSR count). The highest BCUT2D eigenvalue weighted by Gasteiger charge is 2.30. The minimum absolute atomic E-state index is 0.0776. The SMILES string of the molecule is Cc1ccc(CC(=O)Nc2cc(-c3ccccc3/C(=N/N)NN)cc3c2OCCC(C)C3c2ccccc2)cc1. The van der Waals surface area contributed by atoms with Crippen LogP contribution in [0.4, 0.5) is 5.69 Å². The first-order valence-electron chi connectivity index (χ1n) is 13.5. The number of nitrogens with two attached hydrogens (primary N) is 2. The fraction of sp³-hybridized carbons (Fsp3) is 0.212. The predicted molar refractivity (Wildman–Crippen MR) is 161 cm³/mol. The van der Waals surface area contributed by atoms with Crippen molar-refractivity contribution in [3.63, 3.8) is 0 Å². The molecular formula is C33H35N5O2. The number of hydrogen-bond acceptors (Lipinski definition) is 5. The number of rotatable bonds is 6. The zero-order valence-corrected chi connectivity index (χ0v) is 22.9. The van der Waals surface area contributed by atoms with Crippen molar-refractivity contribution >= 4 is 17.4 Å². The molecule has 1 heterocycles. The molecule has 2 atom stereocenters. The number of amides is 1. The van der Waals surface area contributed by atoms with Crippen LogP contribution in [-0.4, -0.2) is 18.3 Å². The van der Waals surface area contributed by atoms with Gasteiger partial charge in [0.15, 0.2) is 5.84 Å². The first-order valence-corrected chi connectivity index (χ1v) is 13.5. The standard InChI is InChI=1S/C33H35N5O2/c1-21-12-14-23(15-13-21)18-30(39)36-29-20-25(26-10-6-7-11-27(26)33(37-34)38-35)19-28-31(24-8-4-3-5-9-24)22(2)16-17-40-32(28)29/h3-15,19-20,22,31H,16-18,34-35H2,1-2H3,(H,36,39)(H,37,38). The van der Waals surface area contributed by atoms with E-state index < -0.39 is 0 Å². The van der Waals surface area contributed by atoms with Gasteiger partial charge in [0.2, 0.25) is 5.91 Å². The van der Waals surface area contributed by atoms with Gasteiger partial charge in [0, 0.05) is 17.0 Å². The van der Waals surface area contributed by atoms with E-state index in [1.165, 1.54) is 5.56 Å². The van der Waals surface area contributed by atoms with Gasteiger partial charge in [0.1, 0.15) is 5.75 Å². The number of hydrogen-bond donors (Lipinski definition) is 4. The Kier molecular flexibility index (Phi) is 8.12. The van der Waals surface area contributed by atoms with Crippen molar-refractivity contribution in [1.29, 1.82) is 0 Å². The van der Waals surface area contributed by atoms with E-state index in [0.29, 0.717) is 29.8 Å². The number of aryl methyl sites for hydroxylation is 1. The minimum Gasteiger partial charge on any atom is -0.491 e. The van der Waals surface area contributed by atoms with Crippen molar-refractivity contribution in [2.75, 3.05) is 11.9 Å². The number of anilines is 1. The van der Waals surface area contributed by atoms with Crippen LogP contribution in [0.5, 0.6) is 5.75 Å². The van der Waals surface area contributed by atoms with Crippen LogP contribution in [0.25, 0.3) is 11.1 Å². The van der Waals surface area contributed by atoms with Crippen LogP contribution in [0, 0.1) is 12.8 Å². The number of nitrogens with zero attached hydrogens (tertiary/aromatic N) is 1. The van der Waals surface area contributed by atoms with Gasteiger partial charge < -0.3 is 21.3 Å². The van der Waals surface area contributed by atoms with Gasteiger partial charge in [-0.25, -0.2) is 5.84 Å². The van der Waals surface area contributed by atoms with Gasteiger partial charge in [-0.2, -0.15) is 5.10 Å². The molecule has 0 aliphatic carbocycles. The van der Waals surface area contributed by atoms with E-state index in [1.54, 1.807) is 0 Å². The molecule has 0 saturated carbocycles. The summed E-state index contributed by atoms with van der Waals surface area (Å²) < 4.78 is 6.39. The van der Waals surface area contributed by atoms with Crippen LogP contribution in [0.2, 0.25) is 0 Å². The molecule has 6 N–H and O–H groups in total. The van der Waals surface area contributed by atoms with E-state index in [0.717, 1.165) is 39.8 Å². The number of carbonyl (C=O) groups excluding carboxylic acids is 1. The topological polar surface area (TPSA) is 115 Å². The van der Waals surface area contributed by atoms with Crippen LogP contribution in [0.1, 0.15) is 47.1 Å². The smallest absolute Gasteiger partial charge is 0.228 e. The van der Waals surface area contributed by atoms with Crippen molar-refractivity contribution in [3.05, 3.63) is 119 Å². The molecular weight excluding hydrogens is 498 g/mol. The minimum atomic E-state index is -0.110. The van der Waals surface area contributed by atoms with Gasteiger partial charge >= 0.3 is 0 Å². The quantitative estimate of drug-likeness (QED) is 0.113. The normalized spacial score (nSPS) is 16.8. The zero-order valence-electron chi connectivity index (χ0n) is 22.9. The van der Waals surface area contributed by atoms with E-state index in [1.807, 2.05) is 67.6 Å². The summed E-state index contributed by atoms with van der Waals surface area (Å²) in [5.41, 5.74) is 10.1. The Bertz CT molecular complexity index is 1520. The summed E-state index contributed by atoms with van der Waals surface area (Å²) in [6.45, 7) is 4.85. The Hall–Kier alpha value is -4.62. The third-order valence-electron chi connectivity index (χ3n) is 7.52. The van der Waals surface area contributed by atoms with Crippen molar-refractivity contribution in [1.82, 2.24) is 5.43 Å². The lowest BCUT2D eigenvalue weighted by atomic mass is 9.79. The lowest BCUT2D eigenvalue weighted by Crippen LogP contribution is -2.32. The van der Waals surface area contributed by atoms with Crippen LogP contribution in [-0.2, 0) is 11.2 Å².